The van der Waals surface area contributed by atoms with Crippen molar-refractivity contribution >= 4 is 33.4 Å². The third-order valence-corrected chi connectivity index (χ3v) is 8.56. The Labute approximate surface area is 224 Å². The molecule has 0 bridgehead atoms. The van der Waals surface area contributed by atoms with Gasteiger partial charge < -0.3 is 9.80 Å². The molecule has 1 heterocycles. The Morgan fingerprint density at radius 2 is 1.65 bits per heavy atom. The number of amides is 2. The summed E-state index contributed by atoms with van der Waals surface area (Å²) in [7, 11) is -3.95. The summed E-state index contributed by atoms with van der Waals surface area (Å²) in [4.78, 5) is 29.5. The molecule has 1 saturated heterocycles. The summed E-state index contributed by atoms with van der Waals surface area (Å²) in [5, 5.41) is 0.420. The van der Waals surface area contributed by atoms with E-state index in [9.17, 15) is 22.4 Å². The van der Waals surface area contributed by atoms with Crippen LogP contribution in [0.4, 0.5) is 4.39 Å². The Morgan fingerprint density at radius 1 is 1.05 bits per heavy atom. The summed E-state index contributed by atoms with van der Waals surface area (Å²) in [5.74, 6) is -0.635. The molecular formula is C27H35ClFN3O4S. The lowest BCUT2D eigenvalue weighted by Crippen LogP contribution is -2.51. The third-order valence-electron chi connectivity index (χ3n) is 6.48. The minimum absolute atomic E-state index is 0.0104. The molecule has 0 spiro atoms. The zero-order chi connectivity index (χ0) is 27.2. The maximum absolute atomic E-state index is 13.8. The first-order valence-corrected chi connectivity index (χ1v) is 14.4. The number of rotatable bonds is 10. The Balaban J connectivity index is 1.86. The number of carbonyl (C=O) groups is 2. The number of halogens is 2. The number of hydrogen-bond donors (Lipinski definition) is 0. The van der Waals surface area contributed by atoms with Gasteiger partial charge >= 0.3 is 0 Å². The predicted octanol–water partition coefficient (Wildman–Crippen LogP) is 4.56. The minimum Gasteiger partial charge on any atom is -0.343 e. The Kier molecular flexibility index (Phi) is 10.1. The molecule has 2 aromatic rings. The number of likely N-dealkylation sites (tertiary alicyclic amines) is 1. The van der Waals surface area contributed by atoms with Gasteiger partial charge in [0.1, 0.15) is 5.82 Å². The maximum atomic E-state index is 13.8. The van der Waals surface area contributed by atoms with Crippen molar-refractivity contribution in [2.45, 2.75) is 57.5 Å². The van der Waals surface area contributed by atoms with Crippen LogP contribution >= 0.6 is 11.6 Å². The number of sulfonamides is 1. The van der Waals surface area contributed by atoms with E-state index in [1.807, 2.05) is 20.8 Å². The topological polar surface area (TPSA) is 78.0 Å². The summed E-state index contributed by atoms with van der Waals surface area (Å²) >= 11 is 5.95. The normalized spacial score (nSPS) is 14.8. The summed E-state index contributed by atoms with van der Waals surface area (Å²) in [6.07, 6.45) is 1.61. The summed E-state index contributed by atoms with van der Waals surface area (Å²) in [5.41, 5.74) is 0.748. The smallest absolute Gasteiger partial charge is 0.243 e. The summed E-state index contributed by atoms with van der Waals surface area (Å²) < 4.78 is 41.7. The van der Waals surface area contributed by atoms with Crippen molar-refractivity contribution in [1.29, 1.82) is 0 Å². The van der Waals surface area contributed by atoms with Gasteiger partial charge in [-0.25, -0.2) is 12.8 Å². The van der Waals surface area contributed by atoms with Crippen LogP contribution in [0.5, 0.6) is 0 Å². The van der Waals surface area contributed by atoms with E-state index >= 15 is 0 Å². The highest BCUT2D eigenvalue weighted by Crippen LogP contribution is 2.23. The molecule has 3 rings (SSSR count). The summed E-state index contributed by atoms with van der Waals surface area (Å²) in [6.45, 7) is 6.75. The molecular weight excluding hydrogens is 517 g/mol. The fourth-order valence-corrected chi connectivity index (χ4v) is 6.19. The molecule has 1 fully saturated rings. The maximum Gasteiger partial charge on any atom is 0.243 e. The van der Waals surface area contributed by atoms with E-state index in [0.29, 0.717) is 37.4 Å². The van der Waals surface area contributed by atoms with Crippen LogP contribution in [-0.2, 0) is 26.2 Å². The Morgan fingerprint density at radius 3 is 2.19 bits per heavy atom. The molecule has 2 aromatic carbocycles. The van der Waals surface area contributed by atoms with Crippen LogP contribution in [0.3, 0.4) is 0 Å². The van der Waals surface area contributed by atoms with Crippen LogP contribution in [0.25, 0.3) is 0 Å². The highest BCUT2D eigenvalue weighted by Gasteiger charge is 2.33. The first-order valence-electron chi connectivity index (χ1n) is 12.6. The summed E-state index contributed by atoms with van der Waals surface area (Å²) in [6, 6.07) is 11.7. The quantitative estimate of drug-likeness (QED) is 0.434. The number of piperidine rings is 1. The van der Waals surface area contributed by atoms with E-state index in [-0.39, 0.29) is 54.1 Å². The van der Waals surface area contributed by atoms with Crippen molar-refractivity contribution < 1.29 is 22.4 Å². The number of carbonyl (C=O) groups excluding carboxylic acids is 2. The molecule has 0 radical (unpaired) electrons. The zero-order valence-corrected chi connectivity index (χ0v) is 23.1. The van der Waals surface area contributed by atoms with Gasteiger partial charge in [0.15, 0.2) is 0 Å². The molecule has 7 nitrogen and oxygen atoms in total. The van der Waals surface area contributed by atoms with Crippen LogP contribution in [0.2, 0.25) is 5.02 Å². The predicted molar refractivity (Wildman–Crippen MR) is 142 cm³/mol. The van der Waals surface area contributed by atoms with Crippen molar-refractivity contribution in [1.82, 2.24) is 14.1 Å². The van der Waals surface area contributed by atoms with E-state index in [0.717, 1.165) is 5.56 Å². The third kappa shape index (κ3) is 7.75. The van der Waals surface area contributed by atoms with Gasteiger partial charge in [-0.15, -0.1) is 0 Å². The average molecular weight is 552 g/mol. The van der Waals surface area contributed by atoms with Crippen molar-refractivity contribution in [2.75, 3.05) is 26.2 Å². The van der Waals surface area contributed by atoms with Gasteiger partial charge in [0.2, 0.25) is 21.8 Å². The van der Waals surface area contributed by atoms with Gasteiger partial charge in [0.25, 0.3) is 0 Å². The van der Waals surface area contributed by atoms with Gasteiger partial charge in [0, 0.05) is 43.7 Å². The first-order chi connectivity index (χ1) is 17.5. The largest absolute Gasteiger partial charge is 0.343 e. The fraction of sp³-hybridized carbons (Fsp3) is 0.481. The van der Waals surface area contributed by atoms with Crippen molar-refractivity contribution in [2.24, 2.45) is 5.92 Å². The SMILES string of the molecule is CCC(=O)N1CCC(N(Cc2ccc(F)cc2)C(=O)CN(CC(C)C)S(=O)(=O)c2ccc(Cl)cc2)CC1. The lowest BCUT2D eigenvalue weighted by molar-refractivity contribution is -0.137. The Hall–Kier alpha value is -2.49. The molecule has 1 aliphatic rings. The molecule has 0 unspecified atom stereocenters. The van der Waals surface area contributed by atoms with E-state index in [1.165, 1.54) is 40.7 Å². The van der Waals surface area contributed by atoms with Crippen LogP contribution in [-0.4, -0.2) is 66.6 Å². The lowest BCUT2D eigenvalue weighted by atomic mass is 10.0. The minimum atomic E-state index is -3.95. The molecule has 1 aliphatic heterocycles. The van der Waals surface area contributed by atoms with Crippen molar-refractivity contribution in [3.63, 3.8) is 0 Å². The standard InChI is InChI=1S/C27H35ClFN3O4S/c1-4-26(33)30-15-13-24(14-16-30)32(18-21-5-9-23(29)10-6-21)27(34)19-31(17-20(2)3)37(35,36)25-11-7-22(28)8-12-25/h5-12,20,24H,4,13-19H2,1-3H3. The van der Waals surface area contributed by atoms with Gasteiger partial charge in [0.05, 0.1) is 11.4 Å². The molecule has 0 aromatic heterocycles. The second kappa shape index (κ2) is 12.8. The van der Waals surface area contributed by atoms with E-state index < -0.39 is 10.0 Å². The highest BCUT2D eigenvalue weighted by atomic mass is 35.5. The van der Waals surface area contributed by atoms with E-state index in [1.54, 1.807) is 21.9 Å². The van der Waals surface area contributed by atoms with Crippen molar-refractivity contribution in [3.8, 4) is 0 Å². The first kappa shape index (κ1) is 29.1. The van der Waals surface area contributed by atoms with Crippen molar-refractivity contribution in [3.05, 3.63) is 64.9 Å². The van der Waals surface area contributed by atoms with Crippen LogP contribution < -0.4 is 0 Å². The molecule has 2 amide bonds. The second-order valence-electron chi connectivity index (χ2n) is 9.76. The molecule has 0 N–H and O–H groups in total. The van der Waals surface area contributed by atoms with Crippen LogP contribution in [0.15, 0.2) is 53.4 Å². The average Bonchev–Trinajstić information content (AvgIpc) is 2.87. The van der Waals surface area contributed by atoms with Gasteiger partial charge in [-0.05, 0) is 60.7 Å². The number of hydrogen-bond acceptors (Lipinski definition) is 4. The molecule has 0 saturated carbocycles. The molecule has 37 heavy (non-hydrogen) atoms. The van der Waals surface area contributed by atoms with Crippen LogP contribution in [0.1, 0.15) is 45.6 Å². The fourth-order valence-electron chi connectivity index (χ4n) is 4.51. The molecule has 0 aliphatic carbocycles. The second-order valence-corrected chi connectivity index (χ2v) is 12.1. The Bertz CT molecular complexity index is 1170. The highest BCUT2D eigenvalue weighted by molar-refractivity contribution is 7.89. The lowest BCUT2D eigenvalue weighted by Gasteiger charge is -2.39. The van der Waals surface area contributed by atoms with Gasteiger partial charge in [-0.2, -0.15) is 4.31 Å². The monoisotopic (exact) mass is 551 g/mol. The van der Waals surface area contributed by atoms with Gasteiger partial charge in [-0.1, -0.05) is 44.5 Å². The van der Waals surface area contributed by atoms with E-state index in [4.69, 9.17) is 11.6 Å². The molecule has 202 valence electrons. The molecule has 10 heteroatoms. The van der Waals surface area contributed by atoms with Gasteiger partial charge in [-0.3, -0.25) is 9.59 Å². The number of nitrogens with zero attached hydrogens (tertiary/aromatic N) is 3. The molecule has 0 atom stereocenters. The van der Waals surface area contributed by atoms with Crippen LogP contribution in [0, 0.1) is 11.7 Å². The zero-order valence-electron chi connectivity index (χ0n) is 21.6. The van der Waals surface area contributed by atoms with E-state index in [2.05, 4.69) is 0 Å². The number of benzene rings is 2.